The van der Waals surface area contributed by atoms with Gasteiger partial charge in [0.15, 0.2) is 0 Å². The lowest BCUT2D eigenvalue weighted by atomic mass is 10.4. The summed E-state index contributed by atoms with van der Waals surface area (Å²) in [5.74, 6) is -0.567. The van der Waals surface area contributed by atoms with Crippen molar-refractivity contribution in [2.45, 2.75) is 18.8 Å². The highest BCUT2D eigenvalue weighted by Crippen LogP contribution is 2.15. The van der Waals surface area contributed by atoms with Crippen LogP contribution in [0, 0.1) is 0 Å². The first kappa shape index (κ1) is 11.3. The molecule has 0 heterocycles. The van der Waals surface area contributed by atoms with E-state index in [1.54, 1.807) is 0 Å². The fourth-order valence-electron chi connectivity index (χ4n) is 0.374. The average molecular weight is 199 g/mol. The number of alkyl halides is 1. The van der Waals surface area contributed by atoms with Gasteiger partial charge in [0.1, 0.15) is 0 Å². The summed E-state index contributed by atoms with van der Waals surface area (Å²) in [5, 5.41) is -0.895. The van der Waals surface area contributed by atoms with Gasteiger partial charge in [0, 0.05) is 6.92 Å². The van der Waals surface area contributed by atoms with Crippen molar-refractivity contribution in [1.29, 1.82) is 0 Å². The highest BCUT2D eigenvalue weighted by molar-refractivity contribution is 7.87. The molecule has 7 heteroatoms. The van der Waals surface area contributed by atoms with Crippen LogP contribution in [0.5, 0.6) is 0 Å². The molecule has 0 spiro atoms. The molecule has 0 fully saturated rings. The third kappa shape index (κ3) is 3.14. The number of rotatable bonds is 3. The van der Waals surface area contributed by atoms with Crippen LogP contribution in [0.25, 0.3) is 0 Å². The standard InChI is InChI=1S/C5H10FNO4S/c1-4(8)7-3-5(2,6)12(9,10)11/h3H2,1-2H3,(H,7,8)(H,9,10,11). The predicted octanol–water partition coefficient (Wildman–Crippen LogP) is -0.304. The van der Waals surface area contributed by atoms with E-state index in [9.17, 15) is 17.6 Å². The summed E-state index contributed by atoms with van der Waals surface area (Å²) in [4.78, 5) is 10.3. The molecule has 12 heavy (non-hydrogen) atoms. The smallest absolute Gasteiger partial charge is 0.301 e. The van der Waals surface area contributed by atoms with Gasteiger partial charge in [-0.3, -0.25) is 9.35 Å². The molecule has 0 aliphatic heterocycles. The maximum absolute atomic E-state index is 12.9. The Balaban J connectivity index is 4.35. The fraction of sp³-hybridized carbons (Fsp3) is 0.800. The molecule has 0 radical (unpaired) electrons. The van der Waals surface area contributed by atoms with Crippen molar-refractivity contribution in [3.05, 3.63) is 0 Å². The van der Waals surface area contributed by atoms with Gasteiger partial charge in [-0.1, -0.05) is 0 Å². The third-order valence-corrected chi connectivity index (χ3v) is 2.41. The number of nitrogens with one attached hydrogen (secondary N) is 1. The van der Waals surface area contributed by atoms with Crippen molar-refractivity contribution in [2.24, 2.45) is 0 Å². The van der Waals surface area contributed by atoms with E-state index < -0.39 is 27.6 Å². The second kappa shape index (κ2) is 3.36. The molecule has 1 atom stereocenters. The summed E-state index contributed by atoms with van der Waals surface area (Å²) in [6.07, 6.45) is 0. The first-order valence-corrected chi connectivity index (χ1v) is 4.51. The quantitative estimate of drug-likeness (QED) is 0.611. The number of hydrogen-bond donors (Lipinski definition) is 2. The Kier molecular flexibility index (Phi) is 3.17. The number of carbonyl (C=O) groups is 1. The van der Waals surface area contributed by atoms with E-state index in [0.717, 1.165) is 6.92 Å². The van der Waals surface area contributed by atoms with Crippen LogP contribution in [0.2, 0.25) is 0 Å². The zero-order chi connectivity index (χ0) is 9.99. The van der Waals surface area contributed by atoms with Gasteiger partial charge >= 0.3 is 10.1 Å². The second-order valence-corrected chi connectivity index (χ2v) is 4.29. The summed E-state index contributed by atoms with van der Waals surface area (Å²) < 4.78 is 41.8. The van der Waals surface area contributed by atoms with Crippen LogP contribution in [0.3, 0.4) is 0 Å². The predicted molar refractivity (Wildman–Crippen MR) is 39.7 cm³/mol. The average Bonchev–Trinajstić information content (AvgIpc) is 1.81. The van der Waals surface area contributed by atoms with Crippen LogP contribution in [-0.4, -0.2) is 30.4 Å². The van der Waals surface area contributed by atoms with Crippen molar-refractivity contribution in [3.63, 3.8) is 0 Å². The van der Waals surface area contributed by atoms with Crippen LogP contribution in [0.15, 0.2) is 0 Å². The van der Waals surface area contributed by atoms with Crippen molar-refractivity contribution in [2.75, 3.05) is 6.54 Å². The summed E-state index contributed by atoms with van der Waals surface area (Å²) in [6, 6.07) is 0. The van der Waals surface area contributed by atoms with Crippen molar-refractivity contribution in [1.82, 2.24) is 5.32 Å². The lowest BCUT2D eigenvalue weighted by Gasteiger charge is -2.16. The lowest BCUT2D eigenvalue weighted by Crippen LogP contribution is -2.42. The second-order valence-electron chi connectivity index (χ2n) is 2.49. The first-order valence-electron chi connectivity index (χ1n) is 3.07. The molecule has 5 nitrogen and oxygen atoms in total. The maximum Gasteiger partial charge on any atom is 0.301 e. The molecule has 0 bridgehead atoms. The molecule has 1 unspecified atom stereocenters. The molecular formula is C5H10FNO4S. The highest BCUT2D eigenvalue weighted by atomic mass is 32.2. The van der Waals surface area contributed by atoms with Crippen molar-refractivity contribution < 1.29 is 22.2 Å². The van der Waals surface area contributed by atoms with E-state index in [1.807, 2.05) is 5.32 Å². The number of halogens is 1. The zero-order valence-corrected chi connectivity index (χ0v) is 7.48. The molecular weight excluding hydrogens is 189 g/mol. The van der Waals surface area contributed by atoms with Gasteiger partial charge in [-0.25, -0.2) is 4.39 Å². The molecule has 0 saturated carbocycles. The molecule has 0 aliphatic carbocycles. The van der Waals surface area contributed by atoms with Gasteiger partial charge in [0.05, 0.1) is 6.54 Å². The number of carbonyl (C=O) groups excluding carboxylic acids is 1. The van der Waals surface area contributed by atoms with E-state index in [4.69, 9.17) is 4.55 Å². The number of hydrogen-bond acceptors (Lipinski definition) is 3. The van der Waals surface area contributed by atoms with E-state index in [2.05, 4.69) is 0 Å². The monoisotopic (exact) mass is 199 g/mol. The van der Waals surface area contributed by atoms with Gasteiger partial charge in [-0.15, -0.1) is 0 Å². The molecule has 0 aliphatic rings. The summed E-state index contributed by atoms with van der Waals surface area (Å²) >= 11 is 0. The molecule has 0 aromatic rings. The minimum Gasteiger partial charge on any atom is -0.352 e. The molecule has 0 saturated heterocycles. The van der Waals surface area contributed by atoms with Gasteiger partial charge in [0.2, 0.25) is 10.9 Å². The van der Waals surface area contributed by atoms with Crippen molar-refractivity contribution >= 4 is 16.0 Å². The van der Waals surface area contributed by atoms with E-state index in [1.165, 1.54) is 0 Å². The summed E-state index contributed by atoms with van der Waals surface area (Å²) in [6.45, 7) is 1.01. The lowest BCUT2D eigenvalue weighted by molar-refractivity contribution is -0.119. The third-order valence-electron chi connectivity index (χ3n) is 1.19. The summed E-state index contributed by atoms with van der Waals surface area (Å²) in [5.41, 5.74) is 0. The van der Waals surface area contributed by atoms with E-state index >= 15 is 0 Å². The zero-order valence-electron chi connectivity index (χ0n) is 6.67. The van der Waals surface area contributed by atoms with Crippen LogP contribution < -0.4 is 5.32 Å². The molecule has 72 valence electrons. The van der Waals surface area contributed by atoms with Crippen LogP contribution in [-0.2, 0) is 14.9 Å². The van der Waals surface area contributed by atoms with Gasteiger partial charge < -0.3 is 5.32 Å². The minimum atomic E-state index is -4.78. The Bertz CT molecular complexity index is 271. The SMILES string of the molecule is CC(=O)NCC(C)(F)S(=O)(=O)O. The molecule has 0 rings (SSSR count). The van der Waals surface area contributed by atoms with Gasteiger partial charge in [-0.05, 0) is 6.92 Å². The van der Waals surface area contributed by atoms with Crippen molar-refractivity contribution in [3.8, 4) is 0 Å². The molecule has 2 N–H and O–H groups in total. The maximum atomic E-state index is 12.9. The van der Waals surface area contributed by atoms with E-state index in [0.29, 0.717) is 6.92 Å². The van der Waals surface area contributed by atoms with Crippen LogP contribution in [0.4, 0.5) is 4.39 Å². The van der Waals surface area contributed by atoms with Crippen LogP contribution >= 0.6 is 0 Å². The summed E-state index contributed by atoms with van der Waals surface area (Å²) in [7, 11) is -4.78. The largest absolute Gasteiger partial charge is 0.352 e. The minimum absolute atomic E-state index is 0.567. The molecule has 0 aromatic heterocycles. The van der Waals surface area contributed by atoms with Gasteiger partial charge in [-0.2, -0.15) is 8.42 Å². The topological polar surface area (TPSA) is 83.5 Å². The Morgan fingerprint density at radius 2 is 2.08 bits per heavy atom. The normalized spacial score (nSPS) is 16.7. The highest BCUT2D eigenvalue weighted by Gasteiger charge is 2.38. The Morgan fingerprint density at radius 3 is 2.33 bits per heavy atom. The Labute approximate surface area is 69.7 Å². The van der Waals surface area contributed by atoms with E-state index in [-0.39, 0.29) is 0 Å². The Hall–Kier alpha value is -0.690. The first-order chi connectivity index (χ1) is 5.17. The fourth-order valence-corrected chi connectivity index (χ4v) is 0.628. The molecule has 1 amide bonds. The van der Waals surface area contributed by atoms with Gasteiger partial charge in [0.25, 0.3) is 0 Å². The molecule has 0 aromatic carbocycles. The number of amides is 1. The Morgan fingerprint density at radius 1 is 1.67 bits per heavy atom. The van der Waals surface area contributed by atoms with Crippen LogP contribution in [0.1, 0.15) is 13.8 Å².